The van der Waals surface area contributed by atoms with Gasteiger partial charge in [0.25, 0.3) is 0 Å². The van der Waals surface area contributed by atoms with Crippen LogP contribution in [0.15, 0.2) is 41.8 Å². The van der Waals surface area contributed by atoms with E-state index in [2.05, 4.69) is 19.1 Å². The zero-order valence-corrected chi connectivity index (χ0v) is 11.5. The molecule has 0 amide bonds. The fraction of sp³-hybridized carbons (Fsp3) is 0.333. The van der Waals surface area contributed by atoms with Crippen molar-refractivity contribution in [3.8, 4) is 5.75 Å². The molecule has 0 radical (unpaired) electrons. The first-order valence-corrected chi connectivity index (χ1v) is 6.84. The lowest BCUT2D eigenvalue weighted by Crippen LogP contribution is -2.28. The monoisotopic (exact) mass is 262 g/mol. The Kier molecular flexibility index (Phi) is 4.04. The van der Waals surface area contributed by atoms with Gasteiger partial charge in [-0.15, -0.1) is 11.3 Å². The molecule has 0 aliphatic heterocycles. The molecule has 1 unspecified atom stereocenters. The minimum Gasteiger partial charge on any atom is -0.496 e. The lowest BCUT2D eigenvalue weighted by Gasteiger charge is -2.27. The first-order valence-electron chi connectivity index (χ1n) is 5.96. The highest BCUT2D eigenvalue weighted by Crippen LogP contribution is 2.33. The third-order valence-electron chi connectivity index (χ3n) is 3.24. The molecule has 0 aliphatic rings. The molecule has 96 valence electrons. The predicted molar refractivity (Wildman–Crippen MR) is 75.5 cm³/mol. The molecule has 3 heteroatoms. The summed E-state index contributed by atoms with van der Waals surface area (Å²) in [5, 5.41) is 11.8. The second-order valence-electron chi connectivity index (χ2n) is 4.68. The Morgan fingerprint density at radius 3 is 2.61 bits per heavy atom. The number of rotatable bonds is 5. The maximum Gasteiger partial charge on any atom is 0.122 e. The molecule has 2 aromatic rings. The van der Waals surface area contributed by atoms with Crippen LogP contribution in [0, 0.1) is 0 Å². The van der Waals surface area contributed by atoms with E-state index in [-0.39, 0.29) is 12.0 Å². The normalized spacial score (nSPS) is 14.2. The van der Waals surface area contributed by atoms with Crippen molar-refractivity contribution in [3.05, 3.63) is 52.2 Å². The van der Waals surface area contributed by atoms with Crippen molar-refractivity contribution >= 4 is 11.3 Å². The van der Waals surface area contributed by atoms with Crippen LogP contribution in [0.1, 0.15) is 17.4 Å². The van der Waals surface area contributed by atoms with Crippen LogP contribution in [0.4, 0.5) is 0 Å². The van der Waals surface area contributed by atoms with Gasteiger partial charge in [-0.25, -0.2) is 0 Å². The van der Waals surface area contributed by atoms with Gasteiger partial charge in [0.15, 0.2) is 0 Å². The van der Waals surface area contributed by atoms with Gasteiger partial charge in [0.2, 0.25) is 0 Å². The Morgan fingerprint density at radius 1 is 1.22 bits per heavy atom. The quantitative estimate of drug-likeness (QED) is 0.896. The highest BCUT2D eigenvalue weighted by molar-refractivity contribution is 7.10. The predicted octanol–water partition coefficient (Wildman–Crippen LogP) is 3.25. The number of aliphatic hydroxyl groups is 1. The first-order chi connectivity index (χ1) is 8.69. The van der Waals surface area contributed by atoms with Gasteiger partial charge in [0.1, 0.15) is 5.75 Å². The molecule has 1 aromatic carbocycles. The van der Waals surface area contributed by atoms with Gasteiger partial charge in [0.05, 0.1) is 13.7 Å². The van der Waals surface area contributed by atoms with Crippen LogP contribution in [0.3, 0.4) is 0 Å². The zero-order valence-electron chi connectivity index (χ0n) is 10.7. The van der Waals surface area contributed by atoms with E-state index in [1.54, 1.807) is 18.4 Å². The van der Waals surface area contributed by atoms with Crippen LogP contribution in [0.25, 0.3) is 0 Å². The molecule has 2 nitrogen and oxygen atoms in total. The summed E-state index contributed by atoms with van der Waals surface area (Å²) in [7, 11) is 1.68. The summed E-state index contributed by atoms with van der Waals surface area (Å²) in [4.78, 5) is 1.20. The molecular formula is C15H18O2S. The van der Waals surface area contributed by atoms with Gasteiger partial charge >= 0.3 is 0 Å². The molecule has 0 fully saturated rings. The Labute approximate surface area is 112 Å². The largest absolute Gasteiger partial charge is 0.496 e. The van der Waals surface area contributed by atoms with Gasteiger partial charge in [0, 0.05) is 10.3 Å². The Hall–Kier alpha value is -1.32. The van der Waals surface area contributed by atoms with Gasteiger partial charge in [-0.3, -0.25) is 0 Å². The number of hydrogen-bond donors (Lipinski definition) is 1. The average Bonchev–Trinajstić information content (AvgIpc) is 2.94. The molecule has 1 heterocycles. The summed E-state index contributed by atoms with van der Waals surface area (Å²) in [5.41, 5.74) is 0.882. The molecule has 18 heavy (non-hydrogen) atoms. The van der Waals surface area contributed by atoms with Crippen molar-refractivity contribution in [3.63, 3.8) is 0 Å². The lowest BCUT2D eigenvalue weighted by atomic mass is 9.82. The van der Waals surface area contributed by atoms with E-state index in [1.807, 2.05) is 29.6 Å². The molecule has 2 rings (SSSR count). The molecule has 1 aromatic heterocycles. The van der Waals surface area contributed by atoms with E-state index in [0.717, 1.165) is 17.7 Å². The van der Waals surface area contributed by atoms with Crippen LogP contribution in [-0.4, -0.2) is 18.8 Å². The fourth-order valence-electron chi connectivity index (χ4n) is 2.11. The van der Waals surface area contributed by atoms with Crippen LogP contribution in [0.5, 0.6) is 5.75 Å². The van der Waals surface area contributed by atoms with Gasteiger partial charge < -0.3 is 9.84 Å². The van der Waals surface area contributed by atoms with E-state index in [9.17, 15) is 5.11 Å². The highest BCUT2D eigenvalue weighted by Gasteiger charge is 2.28. The zero-order chi connectivity index (χ0) is 13.0. The number of methoxy groups -OCH3 is 1. The Morgan fingerprint density at radius 2 is 2.00 bits per heavy atom. The van der Waals surface area contributed by atoms with Crippen molar-refractivity contribution in [2.75, 3.05) is 13.7 Å². The number of thiophene rings is 1. The van der Waals surface area contributed by atoms with E-state index in [1.165, 1.54) is 4.88 Å². The second kappa shape index (κ2) is 5.55. The first kappa shape index (κ1) is 13.1. The minimum atomic E-state index is -0.247. The number of para-hydroxylation sites is 1. The lowest BCUT2D eigenvalue weighted by molar-refractivity contribution is 0.206. The molecule has 1 N–H and O–H groups in total. The average molecular weight is 262 g/mol. The van der Waals surface area contributed by atoms with E-state index in [4.69, 9.17) is 4.74 Å². The second-order valence-corrected chi connectivity index (χ2v) is 5.63. The van der Waals surface area contributed by atoms with Gasteiger partial charge in [-0.2, -0.15) is 0 Å². The highest BCUT2D eigenvalue weighted by atomic mass is 32.1. The SMILES string of the molecule is COc1ccccc1CC(C)(CO)c1cccs1. The summed E-state index contributed by atoms with van der Waals surface area (Å²) in [6.45, 7) is 2.22. The molecule has 0 saturated carbocycles. The molecule has 0 spiro atoms. The standard InChI is InChI=1S/C15H18O2S/c1-15(11-16,14-8-5-9-18-14)10-12-6-3-4-7-13(12)17-2/h3-9,16H,10-11H2,1-2H3. The van der Waals surface area contributed by atoms with Crippen LogP contribution >= 0.6 is 11.3 Å². The summed E-state index contributed by atoms with van der Waals surface area (Å²) >= 11 is 1.69. The van der Waals surface area contributed by atoms with Crippen LogP contribution < -0.4 is 4.74 Å². The fourth-order valence-corrected chi connectivity index (χ4v) is 2.99. The third kappa shape index (κ3) is 2.57. The van der Waals surface area contributed by atoms with E-state index in [0.29, 0.717) is 0 Å². The third-order valence-corrected chi connectivity index (χ3v) is 4.41. The molecule has 1 atom stereocenters. The Balaban J connectivity index is 2.31. The molecular weight excluding hydrogens is 244 g/mol. The van der Waals surface area contributed by atoms with E-state index >= 15 is 0 Å². The molecule has 0 bridgehead atoms. The van der Waals surface area contributed by atoms with Crippen LogP contribution in [-0.2, 0) is 11.8 Å². The summed E-state index contributed by atoms with van der Waals surface area (Å²) in [5.74, 6) is 0.883. The van der Waals surface area contributed by atoms with Gasteiger partial charge in [-0.05, 0) is 29.5 Å². The number of benzene rings is 1. The maximum absolute atomic E-state index is 9.75. The van der Waals surface area contributed by atoms with Crippen LogP contribution in [0.2, 0.25) is 0 Å². The number of aliphatic hydroxyl groups excluding tert-OH is 1. The van der Waals surface area contributed by atoms with E-state index < -0.39 is 0 Å². The van der Waals surface area contributed by atoms with Crippen molar-refractivity contribution in [1.29, 1.82) is 0 Å². The number of ether oxygens (including phenoxy) is 1. The molecule has 0 aliphatic carbocycles. The van der Waals surface area contributed by atoms with Crippen molar-refractivity contribution < 1.29 is 9.84 Å². The topological polar surface area (TPSA) is 29.5 Å². The summed E-state index contributed by atoms with van der Waals surface area (Å²) in [6, 6.07) is 12.1. The van der Waals surface area contributed by atoms with Crippen molar-refractivity contribution in [1.82, 2.24) is 0 Å². The Bertz CT molecular complexity index is 493. The smallest absolute Gasteiger partial charge is 0.122 e. The van der Waals surface area contributed by atoms with Gasteiger partial charge in [-0.1, -0.05) is 31.2 Å². The summed E-state index contributed by atoms with van der Waals surface area (Å²) < 4.78 is 5.37. The molecule has 0 saturated heterocycles. The van der Waals surface area contributed by atoms with Crippen molar-refractivity contribution in [2.24, 2.45) is 0 Å². The summed E-state index contributed by atoms with van der Waals surface area (Å²) in [6.07, 6.45) is 0.772. The maximum atomic E-state index is 9.75. The minimum absolute atomic E-state index is 0.131. The number of hydrogen-bond acceptors (Lipinski definition) is 3. The van der Waals surface area contributed by atoms with Crippen molar-refractivity contribution in [2.45, 2.75) is 18.8 Å².